The van der Waals surface area contributed by atoms with Crippen LogP contribution in [0.25, 0.3) is 11.1 Å². The van der Waals surface area contributed by atoms with Gasteiger partial charge in [0.1, 0.15) is 0 Å². The van der Waals surface area contributed by atoms with Crippen molar-refractivity contribution in [1.82, 2.24) is 10.2 Å². The molecule has 0 radical (unpaired) electrons. The molecule has 2 aromatic rings. The Hall–Kier alpha value is -2.13. The van der Waals surface area contributed by atoms with E-state index in [9.17, 15) is 4.79 Å². The van der Waals surface area contributed by atoms with Crippen molar-refractivity contribution in [2.24, 2.45) is 0 Å². The molecular formula is C21H24N2O. The molecule has 1 N–H and O–H groups in total. The summed E-state index contributed by atoms with van der Waals surface area (Å²) >= 11 is 0. The Morgan fingerprint density at radius 3 is 2.67 bits per heavy atom. The smallest absolute Gasteiger partial charge is 0.222 e. The van der Waals surface area contributed by atoms with Crippen molar-refractivity contribution >= 4 is 5.91 Å². The third kappa shape index (κ3) is 3.09. The van der Waals surface area contributed by atoms with E-state index in [1.807, 2.05) is 4.90 Å². The van der Waals surface area contributed by atoms with Gasteiger partial charge in [-0.25, -0.2) is 0 Å². The minimum absolute atomic E-state index is 0.308. The van der Waals surface area contributed by atoms with Crippen LogP contribution in [0.15, 0.2) is 42.5 Å². The number of hydrogen-bond donors (Lipinski definition) is 1. The third-order valence-corrected chi connectivity index (χ3v) is 5.19. The topological polar surface area (TPSA) is 32.3 Å². The number of fused-ring (bicyclic) bond motifs is 3. The van der Waals surface area contributed by atoms with Gasteiger partial charge in [0.25, 0.3) is 0 Å². The zero-order valence-electron chi connectivity index (χ0n) is 14.1. The van der Waals surface area contributed by atoms with Crippen LogP contribution in [0.1, 0.15) is 29.5 Å². The van der Waals surface area contributed by atoms with E-state index in [1.165, 1.54) is 27.8 Å². The van der Waals surface area contributed by atoms with Crippen molar-refractivity contribution in [1.29, 1.82) is 0 Å². The molecule has 1 fully saturated rings. The Morgan fingerprint density at radius 2 is 1.79 bits per heavy atom. The number of nitrogens with zero attached hydrogens (tertiary/aromatic N) is 1. The number of amides is 1. The molecule has 24 heavy (non-hydrogen) atoms. The first kappa shape index (κ1) is 15.4. The fraction of sp³-hybridized carbons (Fsp3) is 0.381. The predicted molar refractivity (Wildman–Crippen MR) is 97.1 cm³/mol. The highest BCUT2D eigenvalue weighted by Gasteiger charge is 2.18. The molecule has 3 nitrogen and oxygen atoms in total. The minimum atomic E-state index is 0.308. The van der Waals surface area contributed by atoms with Gasteiger partial charge < -0.3 is 10.2 Å². The Labute approximate surface area is 143 Å². The monoisotopic (exact) mass is 320 g/mol. The third-order valence-electron chi connectivity index (χ3n) is 5.19. The summed E-state index contributed by atoms with van der Waals surface area (Å²) in [6.45, 7) is 3.56. The van der Waals surface area contributed by atoms with Crippen LogP contribution in [0.3, 0.4) is 0 Å². The molecule has 2 aromatic carbocycles. The van der Waals surface area contributed by atoms with Crippen LogP contribution in [0.2, 0.25) is 0 Å². The summed E-state index contributed by atoms with van der Waals surface area (Å²) in [5.74, 6) is 0.308. The molecule has 0 saturated carbocycles. The van der Waals surface area contributed by atoms with Gasteiger partial charge in [-0.15, -0.1) is 0 Å². The second kappa shape index (κ2) is 6.78. The van der Waals surface area contributed by atoms with Crippen molar-refractivity contribution in [3.8, 4) is 11.1 Å². The maximum Gasteiger partial charge on any atom is 0.222 e. The van der Waals surface area contributed by atoms with E-state index in [1.54, 1.807) is 0 Å². The zero-order chi connectivity index (χ0) is 16.4. The van der Waals surface area contributed by atoms with Gasteiger partial charge >= 0.3 is 0 Å². The van der Waals surface area contributed by atoms with Gasteiger partial charge in [-0.05, 0) is 47.1 Å². The molecule has 124 valence electrons. The van der Waals surface area contributed by atoms with Crippen LogP contribution in [0.5, 0.6) is 0 Å². The van der Waals surface area contributed by atoms with Crippen LogP contribution >= 0.6 is 0 Å². The fourth-order valence-electron chi connectivity index (χ4n) is 3.84. The number of hydrogen-bond acceptors (Lipinski definition) is 2. The van der Waals surface area contributed by atoms with E-state index in [0.717, 1.165) is 45.4 Å². The molecule has 0 unspecified atom stereocenters. The highest BCUT2D eigenvalue weighted by molar-refractivity contribution is 5.77. The quantitative estimate of drug-likeness (QED) is 0.801. The van der Waals surface area contributed by atoms with Gasteiger partial charge in [-0.3, -0.25) is 4.79 Å². The number of carbonyl (C=O) groups excluding carboxylic acids is 1. The first-order valence-electron chi connectivity index (χ1n) is 9.00. The minimum Gasteiger partial charge on any atom is -0.340 e. The summed E-state index contributed by atoms with van der Waals surface area (Å²) in [7, 11) is 0. The lowest BCUT2D eigenvalue weighted by molar-refractivity contribution is -0.131. The Morgan fingerprint density at radius 1 is 1.00 bits per heavy atom. The number of rotatable bonds is 4. The van der Waals surface area contributed by atoms with E-state index in [2.05, 4.69) is 47.8 Å². The van der Waals surface area contributed by atoms with E-state index in [0.29, 0.717) is 12.3 Å². The SMILES string of the molecule is O=C(CCCc1ccc2c(c1)-c1ccccc1C2)N1CCNCC1. The maximum atomic E-state index is 12.2. The Bertz CT molecular complexity index is 747. The maximum absolute atomic E-state index is 12.2. The summed E-state index contributed by atoms with van der Waals surface area (Å²) in [6, 6.07) is 15.5. The second-order valence-electron chi connectivity index (χ2n) is 6.81. The van der Waals surface area contributed by atoms with Gasteiger partial charge in [0.15, 0.2) is 0 Å². The van der Waals surface area contributed by atoms with Gasteiger partial charge in [0.2, 0.25) is 5.91 Å². The fourth-order valence-corrected chi connectivity index (χ4v) is 3.84. The standard InChI is InChI=1S/C21H24N2O/c24-21(23-12-10-22-11-13-23)7-3-4-16-8-9-18-15-17-5-1-2-6-19(17)20(18)14-16/h1-2,5-6,8-9,14,22H,3-4,7,10-13,15H2. The Balaban J connectivity index is 1.38. The average Bonchev–Trinajstić information content (AvgIpc) is 3.00. The van der Waals surface area contributed by atoms with Crippen LogP contribution in [-0.2, 0) is 17.6 Å². The molecule has 0 atom stereocenters. The first-order valence-corrected chi connectivity index (χ1v) is 9.00. The van der Waals surface area contributed by atoms with E-state index in [-0.39, 0.29) is 0 Å². The van der Waals surface area contributed by atoms with Crippen LogP contribution in [-0.4, -0.2) is 37.0 Å². The lowest BCUT2D eigenvalue weighted by Gasteiger charge is -2.27. The summed E-state index contributed by atoms with van der Waals surface area (Å²) in [6.07, 6.45) is 3.62. The summed E-state index contributed by atoms with van der Waals surface area (Å²) in [5.41, 5.74) is 6.97. The van der Waals surface area contributed by atoms with Crippen molar-refractivity contribution in [2.75, 3.05) is 26.2 Å². The predicted octanol–water partition coefficient (Wildman–Crippen LogP) is 3.01. The van der Waals surface area contributed by atoms with Gasteiger partial charge in [0, 0.05) is 32.6 Å². The summed E-state index contributed by atoms with van der Waals surface area (Å²) < 4.78 is 0. The molecule has 1 aliphatic carbocycles. The molecule has 0 spiro atoms. The Kier molecular flexibility index (Phi) is 4.35. The average molecular weight is 320 g/mol. The lowest BCUT2D eigenvalue weighted by atomic mass is 10.00. The van der Waals surface area contributed by atoms with Crippen molar-refractivity contribution < 1.29 is 4.79 Å². The molecule has 1 heterocycles. The van der Waals surface area contributed by atoms with Crippen molar-refractivity contribution in [2.45, 2.75) is 25.7 Å². The molecule has 0 aromatic heterocycles. The summed E-state index contributed by atoms with van der Waals surface area (Å²) in [4.78, 5) is 14.2. The zero-order valence-corrected chi connectivity index (χ0v) is 14.1. The highest BCUT2D eigenvalue weighted by atomic mass is 16.2. The molecule has 0 bridgehead atoms. The molecule has 1 saturated heterocycles. The molecule has 2 aliphatic rings. The summed E-state index contributed by atoms with van der Waals surface area (Å²) in [5, 5.41) is 3.29. The molecule has 1 amide bonds. The van der Waals surface area contributed by atoms with Crippen LogP contribution < -0.4 is 5.32 Å². The van der Waals surface area contributed by atoms with Gasteiger partial charge in [-0.1, -0.05) is 42.5 Å². The number of benzene rings is 2. The molecular weight excluding hydrogens is 296 g/mol. The van der Waals surface area contributed by atoms with Crippen molar-refractivity contribution in [3.63, 3.8) is 0 Å². The lowest BCUT2D eigenvalue weighted by Crippen LogP contribution is -2.46. The number of nitrogens with one attached hydrogen (secondary N) is 1. The van der Waals surface area contributed by atoms with Crippen LogP contribution in [0, 0.1) is 0 Å². The number of piperazine rings is 1. The van der Waals surface area contributed by atoms with Gasteiger partial charge in [-0.2, -0.15) is 0 Å². The van der Waals surface area contributed by atoms with E-state index >= 15 is 0 Å². The second-order valence-corrected chi connectivity index (χ2v) is 6.81. The largest absolute Gasteiger partial charge is 0.340 e. The number of carbonyl (C=O) groups is 1. The van der Waals surface area contributed by atoms with Crippen LogP contribution in [0.4, 0.5) is 0 Å². The normalized spacial score (nSPS) is 15.9. The number of aryl methyl sites for hydroxylation is 1. The molecule has 3 heteroatoms. The van der Waals surface area contributed by atoms with E-state index < -0.39 is 0 Å². The molecule has 1 aliphatic heterocycles. The molecule has 4 rings (SSSR count). The highest BCUT2D eigenvalue weighted by Crippen LogP contribution is 2.36. The van der Waals surface area contributed by atoms with Crippen molar-refractivity contribution in [3.05, 3.63) is 59.2 Å². The van der Waals surface area contributed by atoms with Gasteiger partial charge in [0.05, 0.1) is 0 Å². The first-order chi connectivity index (χ1) is 11.8. The van der Waals surface area contributed by atoms with E-state index in [4.69, 9.17) is 0 Å².